The van der Waals surface area contributed by atoms with Crippen molar-refractivity contribution in [2.45, 2.75) is 31.7 Å². The summed E-state index contributed by atoms with van der Waals surface area (Å²) in [5.74, 6) is 0. The summed E-state index contributed by atoms with van der Waals surface area (Å²) in [4.78, 5) is 0. The Morgan fingerprint density at radius 3 is 2.09 bits per heavy atom. The van der Waals surface area contributed by atoms with E-state index >= 15 is 0 Å². The van der Waals surface area contributed by atoms with Crippen LogP contribution in [0.25, 0.3) is 0 Å². The molecule has 1 aliphatic carbocycles. The second-order valence-electron chi connectivity index (χ2n) is 2.55. The Hall–Kier alpha value is 0.870. The van der Waals surface area contributed by atoms with Crippen LogP contribution >= 0.6 is 0 Å². The Balaban J connectivity index is 0.000001000. The fourth-order valence-corrected chi connectivity index (χ4v) is 1.89. The van der Waals surface area contributed by atoms with E-state index in [-0.39, 0.29) is 35.6 Å². The van der Waals surface area contributed by atoms with Crippen LogP contribution in [-0.4, -0.2) is 19.0 Å². The van der Waals surface area contributed by atoms with Crippen LogP contribution in [0.15, 0.2) is 0 Å². The summed E-state index contributed by atoms with van der Waals surface area (Å²) in [5, 5.41) is 0. The van der Waals surface area contributed by atoms with Gasteiger partial charge in [-0.05, 0) is 12.8 Å². The summed E-state index contributed by atoms with van der Waals surface area (Å²) in [6.45, 7) is 0. The molecular weight excluding hydrogens is 177 g/mol. The molecule has 0 aromatic heterocycles. The van der Waals surface area contributed by atoms with Crippen molar-refractivity contribution in [1.29, 1.82) is 0 Å². The van der Waals surface area contributed by atoms with Gasteiger partial charge < -0.3 is 4.55 Å². The van der Waals surface area contributed by atoms with Crippen LogP contribution in [0.1, 0.15) is 25.7 Å². The van der Waals surface area contributed by atoms with E-state index in [2.05, 4.69) is 0 Å². The van der Waals surface area contributed by atoms with Crippen LogP contribution in [0.2, 0.25) is 0 Å². The van der Waals surface area contributed by atoms with Crippen molar-refractivity contribution in [2.75, 3.05) is 0 Å². The summed E-state index contributed by atoms with van der Waals surface area (Å²) >= 11 is 0. The van der Waals surface area contributed by atoms with Gasteiger partial charge in [-0.3, -0.25) is 0 Å². The topological polar surface area (TPSA) is 69.2 Å². The van der Waals surface area contributed by atoms with Crippen LogP contribution in [0.3, 0.4) is 0 Å². The van der Waals surface area contributed by atoms with Crippen LogP contribution in [0.4, 0.5) is 0 Å². The van der Waals surface area contributed by atoms with E-state index in [0.29, 0.717) is 0 Å². The third-order valence-electron chi connectivity index (χ3n) is 1.67. The molecule has 0 spiro atoms. The number of hydrogen-bond acceptors (Lipinski definition) is 3. The number of hydrogen-bond donors (Lipinski definition) is 1. The summed E-state index contributed by atoms with van der Waals surface area (Å²) in [7, 11) is -4.21. The first-order chi connectivity index (χ1) is 4.58. The zero-order chi connectivity index (χ0) is 7.61. The van der Waals surface area contributed by atoms with Gasteiger partial charge in [0.05, 0.1) is 0 Å². The Morgan fingerprint density at radius 2 is 1.73 bits per heavy atom. The molecule has 0 atom stereocenters. The molecule has 0 aromatic rings. The second kappa shape index (κ2) is 4.79. The third-order valence-corrected chi connectivity index (χ3v) is 2.29. The van der Waals surface area contributed by atoms with Crippen LogP contribution in [0.5, 0.6) is 0 Å². The molecular formula is C5H10NNaO3S. The van der Waals surface area contributed by atoms with E-state index in [1.54, 1.807) is 0 Å². The molecule has 0 aliphatic heterocycles. The van der Waals surface area contributed by atoms with Gasteiger partial charge in [-0.15, -0.1) is 0 Å². The van der Waals surface area contributed by atoms with Gasteiger partial charge in [0.25, 0.3) is 0 Å². The molecule has 0 radical (unpaired) electrons. The molecule has 1 N–H and O–H groups in total. The fraction of sp³-hybridized carbons (Fsp3) is 1.00. The summed E-state index contributed by atoms with van der Waals surface area (Å²) in [6, 6.07) is -0.0949. The van der Waals surface area contributed by atoms with Crippen LogP contribution < -0.4 is 34.3 Å². The monoisotopic (exact) mass is 187 g/mol. The SMILES string of the molecule is O=S(=O)([O-])NC1CCCC1.[Na+]. The van der Waals surface area contributed by atoms with Crippen LogP contribution in [0, 0.1) is 0 Å². The van der Waals surface area contributed by atoms with E-state index in [1.165, 1.54) is 0 Å². The Kier molecular flexibility index (Phi) is 5.17. The van der Waals surface area contributed by atoms with E-state index in [9.17, 15) is 13.0 Å². The van der Waals surface area contributed by atoms with E-state index in [0.717, 1.165) is 25.7 Å². The molecule has 0 aromatic carbocycles. The predicted octanol–water partition coefficient (Wildman–Crippen LogP) is -3.02. The fourth-order valence-electron chi connectivity index (χ4n) is 1.25. The van der Waals surface area contributed by atoms with Crippen molar-refractivity contribution in [3.63, 3.8) is 0 Å². The van der Waals surface area contributed by atoms with Gasteiger partial charge in [-0.2, -0.15) is 0 Å². The largest absolute Gasteiger partial charge is 1.00 e. The summed E-state index contributed by atoms with van der Waals surface area (Å²) in [6.07, 6.45) is 3.66. The van der Waals surface area contributed by atoms with Gasteiger partial charge >= 0.3 is 29.6 Å². The molecule has 0 unspecified atom stereocenters. The molecule has 1 aliphatic rings. The zero-order valence-corrected chi connectivity index (χ0v) is 9.36. The van der Waals surface area contributed by atoms with Crippen LogP contribution in [-0.2, 0) is 10.3 Å². The summed E-state index contributed by atoms with van der Waals surface area (Å²) in [5.41, 5.74) is 0. The van der Waals surface area contributed by atoms with E-state index in [1.807, 2.05) is 4.72 Å². The van der Waals surface area contributed by atoms with Crippen molar-refractivity contribution in [3.05, 3.63) is 0 Å². The van der Waals surface area contributed by atoms with Crippen molar-refractivity contribution in [2.24, 2.45) is 0 Å². The maximum absolute atomic E-state index is 10.1. The number of rotatable bonds is 2. The molecule has 60 valence electrons. The first kappa shape index (κ1) is 11.9. The molecule has 0 bridgehead atoms. The molecule has 1 fully saturated rings. The standard InChI is InChI=1S/C5H11NO3S.Na/c7-10(8,9)6-5-3-1-2-4-5;/h5-6H,1-4H2,(H,7,8,9);/q;+1/p-1. The van der Waals surface area contributed by atoms with Gasteiger partial charge in [-0.1, -0.05) is 12.8 Å². The number of nitrogens with one attached hydrogen (secondary N) is 1. The minimum atomic E-state index is -4.21. The van der Waals surface area contributed by atoms with Gasteiger partial charge in [0, 0.05) is 6.04 Å². The quantitative estimate of drug-likeness (QED) is 0.369. The Bertz CT molecular complexity index is 198. The van der Waals surface area contributed by atoms with Crippen molar-refractivity contribution in [3.8, 4) is 0 Å². The Morgan fingerprint density at radius 1 is 1.27 bits per heavy atom. The van der Waals surface area contributed by atoms with Gasteiger partial charge in [-0.25, -0.2) is 13.1 Å². The van der Waals surface area contributed by atoms with Crippen molar-refractivity contribution >= 4 is 10.3 Å². The maximum atomic E-state index is 10.1. The average molecular weight is 187 g/mol. The van der Waals surface area contributed by atoms with Gasteiger partial charge in [0.2, 0.25) is 0 Å². The van der Waals surface area contributed by atoms with Crippen molar-refractivity contribution in [1.82, 2.24) is 4.72 Å². The summed E-state index contributed by atoms with van der Waals surface area (Å²) < 4.78 is 32.4. The molecule has 6 heteroatoms. The maximum Gasteiger partial charge on any atom is 1.00 e. The van der Waals surface area contributed by atoms with Crippen molar-refractivity contribution < 1.29 is 42.5 Å². The molecule has 0 amide bonds. The van der Waals surface area contributed by atoms with Gasteiger partial charge in [0.1, 0.15) is 0 Å². The molecule has 11 heavy (non-hydrogen) atoms. The van der Waals surface area contributed by atoms with E-state index in [4.69, 9.17) is 0 Å². The molecule has 0 saturated heterocycles. The first-order valence-electron chi connectivity index (χ1n) is 3.31. The molecule has 0 heterocycles. The minimum absolute atomic E-state index is 0. The first-order valence-corrected chi connectivity index (χ1v) is 4.72. The Labute approximate surface area is 88.9 Å². The normalized spacial score (nSPS) is 19.7. The zero-order valence-electron chi connectivity index (χ0n) is 6.54. The second-order valence-corrected chi connectivity index (χ2v) is 3.70. The average Bonchev–Trinajstić information content (AvgIpc) is 2.12. The van der Waals surface area contributed by atoms with Gasteiger partial charge in [0.15, 0.2) is 10.3 Å². The predicted molar refractivity (Wildman–Crippen MR) is 35.1 cm³/mol. The molecule has 4 nitrogen and oxygen atoms in total. The van der Waals surface area contributed by atoms with E-state index < -0.39 is 10.3 Å². The third kappa shape index (κ3) is 5.16. The minimum Gasteiger partial charge on any atom is -0.735 e. The molecule has 1 saturated carbocycles. The molecule has 1 rings (SSSR count). The smallest absolute Gasteiger partial charge is 0.735 e.